The first kappa shape index (κ1) is 16.3. The maximum absolute atomic E-state index is 4.71. The van der Waals surface area contributed by atoms with Crippen molar-refractivity contribution in [3.63, 3.8) is 0 Å². The SMILES string of the molecule is C=Cc1c(C=C)c2cc3nc(cc4ccc(cc5nc(cc1[nH]2)C=C5)[nH]4)C=C3. The summed E-state index contributed by atoms with van der Waals surface area (Å²) in [6, 6.07) is 12.2. The highest BCUT2D eigenvalue weighted by Crippen LogP contribution is 2.25. The highest BCUT2D eigenvalue weighted by atomic mass is 14.8. The van der Waals surface area contributed by atoms with Gasteiger partial charge in [0.2, 0.25) is 0 Å². The predicted octanol–water partition coefficient (Wildman–Crippen LogP) is 5.94. The smallest absolute Gasteiger partial charge is 0.0658 e. The molecule has 5 rings (SSSR count). The van der Waals surface area contributed by atoms with E-state index in [1.807, 2.05) is 72.9 Å². The van der Waals surface area contributed by atoms with E-state index in [2.05, 4.69) is 23.1 Å². The molecule has 0 atom stereocenters. The van der Waals surface area contributed by atoms with Crippen LogP contribution >= 0.6 is 0 Å². The third-order valence-corrected chi connectivity index (χ3v) is 4.84. The molecule has 0 radical (unpaired) electrons. The first-order valence-corrected chi connectivity index (χ1v) is 9.08. The molecule has 0 spiro atoms. The van der Waals surface area contributed by atoms with Crippen molar-refractivity contribution in [2.75, 3.05) is 0 Å². The van der Waals surface area contributed by atoms with Crippen molar-refractivity contribution in [2.45, 2.75) is 0 Å². The Labute approximate surface area is 162 Å². The summed E-state index contributed by atoms with van der Waals surface area (Å²) in [7, 11) is 0. The predicted molar refractivity (Wildman–Crippen MR) is 119 cm³/mol. The van der Waals surface area contributed by atoms with Gasteiger partial charge in [0.25, 0.3) is 0 Å². The molecule has 3 aromatic heterocycles. The van der Waals surface area contributed by atoms with Gasteiger partial charge in [0.15, 0.2) is 0 Å². The maximum atomic E-state index is 4.71. The molecule has 134 valence electrons. The molecular weight excluding hydrogens is 344 g/mol. The standard InChI is InChI=1S/C24H18N4/c1-3-21-22(4-2)24-14-20-10-8-18(27-20)12-16-6-5-15(25-16)11-17-7-9-19(26-17)13-23(21)28-24/h3-14,25,28H,1-2H2. The Balaban J connectivity index is 1.92. The van der Waals surface area contributed by atoms with Crippen LogP contribution in [0.2, 0.25) is 0 Å². The van der Waals surface area contributed by atoms with Crippen LogP contribution in [0.3, 0.4) is 0 Å². The summed E-state index contributed by atoms with van der Waals surface area (Å²) < 4.78 is 0. The van der Waals surface area contributed by atoms with Crippen molar-refractivity contribution < 1.29 is 0 Å². The summed E-state index contributed by atoms with van der Waals surface area (Å²) in [4.78, 5) is 16.3. The fraction of sp³-hybridized carbons (Fsp3) is 0. The number of hydrogen-bond acceptors (Lipinski definition) is 2. The van der Waals surface area contributed by atoms with E-state index in [0.29, 0.717) is 0 Å². The van der Waals surface area contributed by atoms with E-state index in [-0.39, 0.29) is 0 Å². The molecule has 8 bridgehead atoms. The van der Waals surface area contributed by atoms with Gasteiger partial charge in [-0.2, -0.15) is 0 Å². The summed E-state index contributed by atoms with van der Waals surface area (Å²) >= 11 is 0. The number of hydrogen-bond donors (Lipinski definition) is 2. The van der Waals surface area contributed by atoms with E-state index >= 15 is 0 Å². The van der Waals surface area contributed by atoms with Crippen LogP contribution in [0.1, 0.15) is 33.9 Å². The van der Waals surface area contributed by atoms with Gasteiger partial charge in [-0.15, -0.1) is 0 Å². The molecule has 0 amide bonds. The van der Waals surface area contributed by atoms with Crippen molar-refractivity contribution in [3.05, 3.63) is 83.5 Å². The van der Waals surface area contributed by atoms with Crippen molar-refractivity contribution in [3.8, 4) is 0 Å². The van der Waals surface area contributed by atoms with Gasteiger partial charge in [-0.1, -0.05) is 25.3 Å². The lowest BCUT2D eigenvalue weighted by molar-refractivity contribution is 1.31. The second kappa shape index (κ2) is 6.35. The van der Waals surface area contributed by atoms with Crippen LogP contribution in [0.5, 0.6) is 0 Å². The molecule has 0 saturated heterocycles. The first-order valence-electron chi connectivity index (χ1n) is 9.08. The van der Waals surface area contributed by atoms with Gasteiger partial charge in [0.05, 0.1) is 22.8 Å². The average Bonchev–Trinajstić information content (AvgIpc) is 3.45. The van der Waals surface area contributed by atoms with Gasteiger partial charge in [-0.3, -0.25) is 0 Å². The molecular formula is C24H18N4. The van der Waals surface area contributed by atoms with E-state index in [1.54, 1.807) is 0 Å². The molecule has 4 nitrogen and oxygen atoms in total. The number of nitrogens with zero attached hydrogens (tertiary/aromatic N) is 2. The topological polar surface area (TPSA) is 57.4 Å². The quantitative estimate of drug-likeness (QED) is 0.408. The van der Waals surface area contributed by atoms with Crippen LogP contribution in [0.15, 0.2) is 49.6 Å². The fourth-order valence-electron chi connectivity index (χ4n) is 3.56. The zero-order valence-corrected chi connectivity index (χ0v) is 15.2. The molecule has 0 aromatic carbocycles. The lowest BCUT2D eigenvalue weighted by Gasteiger charge is -1.92. The van der Waals surface area contributed by atoms with Crippen molar-refractivity contribution in [1.29, 1.82) is 0 Å². The number of aromatic nitrogens is 4. The molecule has 2 aliphatic rings. The molecule has 0 fully saturated rings. The molecule has 0 unspecified atom stereocenters. The van der Waals surface area contributed by atoms with Gasteiger partial charge < -0.3 is 9.97 Å². The highest BCUT2D eigenvalue weighted by Gasteiger charge is 2.08. The second-order valence-electron chi connectivity index (χ2n) is 6.72. The highest BCUT2D eigenvalue weighted by molar-refractivity contribution is 5.89. The number of H-pyrrole nitrogens is 2. The lowest BCUT2D eigenvalue weighted by Crippen LogP contribution is -1.75. The minimum absolute atomic E-state index is 0.886. The first-order chi connectivity index (χ1) is 13.7. The molecule has 0 aliphatic carbocycles. The fourth-order valence-corrected chi connectivity index (χ4v) is 3.56. The Bertz CT molecular complexity index is 1250. The minimum atomic E-state index is 0.886. The summed E-state index contributed by atoms with van der Waals surface area (Å²) in [6.45, 7) is 7.96. The van der Waals surface area contributed by atoms with Crippen LogP contribution in [0.4, 0.5) is 0 Å². The maximum Gasteiger partial charge on any atom is 0.0658 e. The third-order valence-electron chi connectivity index (χ3n) is 4.84. The Hall–Kier alpha value is -3.92. The Kier molecular flexibility index (Phi) is 3.69. The summed E-state index contributed by atoms with van der Waals surface area (Å²) in [5.41, 5.74) is 9.51. The van der Waals surface area contributed by atoms with Crippen LogP contribution in [0, 0.1) is 0 Å². The Morgan fingerprint density at radius 1 is 0.607 bits per heavy atom. The Morgan fingerprint density at radius 3 is 1.46 bits per heavy atom. The van der Waals surface area contributed by atoms with Crippen LogP contribution in [-0.2, 0) is 0 Å². The normalized spacial score (nSPS) is 12.3. The molecule has 2 aliphatic heterocycles. The van der Waals surface area contributed by atoms with Gasteiger partial charge in [-0.05, 0) is 60.7 Å². The average molecular weight is 362 g/mol. The zero-order chi connectivity index (χ0) is 19.1. The van der Waals surface area contributed by atoms with E-state index in [1.165, 1.54) is 0 Å². The zero-order valence-electron chi connectivity index (χ0n) is 15.2. The van der Waals surface area contributed by atoms with Crippen LogP contribution in [-0.4, -0.2) is 19.9 Å². The van der Waals surface area contributed by atoms with E-state index in [0.717, 1.165) is 56.0 Å². The van der Waals surface area contributed by atoms with E-state index in [9.17, 15) is 0 Å². The molecule has 5 heterocycles. The van der Waals surface area contributed by atoms with E-state index < -0.39 is 0 Å². The largest absolute Gasteiger partial charge is 0.355 e. The van der Waals surface area contributed by atoms with Gasteiger partial charge >= 0.3 is 0 Å². The summed E-state index contributed by atoms with van der Waals surface area (Å²) in [5, 5.41) is 0. The number of aromatic amines is 2. The minimum Gasteiger partial charge on any atom is -0.355 e. The molecule has 2 N–H and O–H groups in total. The molecule has 4 heteroatoms. The van der Waals surface area contributed by atoms with Gasteiger partial charge in [-0.25, -0.2) is 9.97 Å². The lowest BCUT2D eigenvalue weighted by atomic mass is 10.1. The third kappa shape index (κ3) is 2.81. The van der Waals surface area contributed by atoms with Crippen LogP contribution in [0.25, 0.3) is 58.5 Å². The summed E-state index contributed by atoms with van der Waals surface area (Å²) in [6.07, 6.45) is 11.7. The van der Waals surface area contributed by atoms with E-state index in [4.69, 9.17) is 9.97 Å². The number of fused-ring (bicyclic) bond motifs is 8. The summed E-state index contributed by atoms with van der Waals surface area (Å²) in [5.74, 6) is 0. The van der Waals surface area contributed by atoms with Crippen molar-refractivity contribution in [2.24, 2.45) is 0 Å². The van der Waals surface area contributed by atoms with Crippen molar-refractivity contribution >= 4 is 58.5 Å². The number of nitrogens with one attached hydrogen (secondary N) is 2. The Morgan fingerprint density at radius 2 is 1.04 bits per heavy atom. The molecule has 3 aromatic rings. The molecule has 0 saturated carbocycles. The second-order valence-corrected chi connectivity index (χ2v) is 6.72. The number of rotatable bonds is 2. The molecule has 28 heavy (non-hydrogen) atoms. The monoisotopic (exact) mass is 362 g/mol. The van der Waals surface area contributed by atoms with Gasteiger partial charge in [0.1, 0.15) is 0 Å². The van der Waals surface area contributed by atoms with Crippen molar-refractivity contribution in [1.82, 2.24) is 19.9 Å². The van der Waals surface area contributed by atoms with Gasteiger partial charge in [0, 0.05) is 33.2 Å². The van der Waals surface area contributed by atoms with Crippen LogP contribution < -0.4 is 0 Å².